The van der Waals surface area contributed by atoms with Crippen molar-refractivity contribution in [3.8, 4) is 0 Å². The lowest BCUT2D eigenvalue weighted by Gasteiger charge is -2.46. The molecule has 3 aliphatic heterocycles. The first kappa shape index (κ1) is 27.2. The molecule has 6 atom stereocenters. The van der Waals surface area contributed by atoms with E-state index < -0.39 is 24.0 Å². The molecule has 4 rings (SSSR count). The van der Waals surface area contributed by atoms with Crippen LogP contribution in [0.15, 0.2) is 34.9 Å². The number of benzene rings is 1. The second-order valence-electron chi connectivity index (χ2n) is 10.3. The lowest BCUT2D eigenvalue weighted by Crippen LogP contribution is -2.63. The number of rotatable bonds is 8. The molecule has 3 N–H and O–H groups in total. The van der Waals surface area contributed by atoms with Crippen molar-refractivity contribution in [2.45, 2.75) is 57.2 Å². The topological polar surface area (TPSA) is 130 Å². The van der Waals surface area contributed by atoms with E-state index >= 15 is 0 Å². The van der Waals surface area contributed by atoms with E-state index in [2.05, 4.69) is 10.2 Å². The normalized spacial score (nSPS) is 28.1. The number of thioether (sulfide) groups is 1. The second-order valence-corrected chi connectivity index (χ2v) is 11.6. The molecule has 2 saturated heterocycles. The van der Waals surface area contributed by atoms with Gasteiger partial charge in [0, 0.05) is 55.9 Å². The molecule has 3 aliphatic rings. The molecule has 0 radical (unpaired) electrons. The number of nitrogens with one attached hydrogen (secondary N) is 1. The monoisotopic (exact) mass is 530 g/mol. The summed E-state index contributed by atoms with van der Waals surface area (Å²) in [5, 5.41) is 22.8. The predicted octanol–water partition coefficient (Wildman–Crippen LogP) is 1.56. The van der Waals surface area contributed by atoms with Crippen LogP contribution in [0.2, 0.25) is 0 Å². The second kappa shape index (κ2) is 10.5. The molecule has 11 heteroatoms. The van der Waals surface area contributed by atoms with Crippen molar-refractivity contribution < 1.29 is 29.4 Å². The van der Waals surface area contributed by atoms with Crippen molar-refractivity contribution in [1.29, 1.82) is 0 Å². The van der Waals surface area contributed by atoms with E-state index in [0.717, 1.165) is 5.56 Å². The Bertz CT molecular complexity index is 1150. The fourth-order valence-electron chi connectivity index (χ4n) is 5.72. The number of aliphatic carboxylic acids is 1. The van der Waals surface area contributed by atoms with Gasteiger partial charge >= 0.3 is 5.97 Å². The highest BCUT2D eigenvalue weighted by atomic mass is 32.2. The van der Waals surface area contributed by atoms with Gasteiger partial charge in [-0.3, -0.25) is 19.3 Å². The molecule has 200 valence electrons. The average Bonchev–Trinajstić information content (AvgIpc) is 3.31. The molecule has 0 spiro atoms. The first-order chi connectivity index (χ1) is 17.4. The van der Waals surface area contributed by atoms with Crippen LogP contribution >= 0.6 is 11.8 Å². The number of aliphatic hydroxyl groups excluding tert-OH is 1. The number of nitrogens with zero attached hydrogens (tertiary/aromatic N) is 3. The van der Waals surface area contributed by atoms with Crippen molar-refractivity contribution in [2.24, 2.45) is 11.8 Å². The van der Waals surface area contributed by atoms with Gasteiger partial charge in [-0.1, -0.05) is 25.1 Å². The highest BCUT2D eigenvalue weighted by Gasteiger charge is 2.60. The van der Waals surface area contributed by atoms with Gasteiger partial charge in [-0.05, 0) is 25.0 Å². The van der Waals surface area contributed by atoms with Gasteiger partial charge in [0.25, 0.3) is 0 Å². The molecule has 3 heterocycles. The van der Waals surface area contributed by atoms with E-state index in [4.69, 9.17) is 0 Å². The van der Waals surface area contributed by atoms with Crippen LogP contribution in [-0.2, 0) is 25.7 Å². The van der Waals surface area contributed by atoms with Gasteiger partial charge in [0.05, 0.1) is 24.1 Å². The van der Waals surface area contributed by atoms with E-state index in [0.29, 0.717) is 30.1 Å². The molecule has 0 saturated carbocycles. The summed E-state index contributed by atoms with van der Waals surface area (Å²) in [7, 11) is 3.42. The Morgan fingerprint density at radius 3 is 2.51 bits per heavy atom. The lowest BCUT2D eigenvalue weighted by atomic mass is 9.79. The number of para-hydroxylation sites is 1. The fourth-order valence-corrected chi connectivity index (χ4v) is 7.28. The van der Waals surface area contributed by atoms with Crippen LogP contribution in [0.1, 0.15) is 32.8 Å². The van der Waals surface area contributed by atoms with Gasteiger partial charge in [-0.2, -0.15) is 0 Å². The molecule has 3 amide bonds. The van der Waals surface area contributed by atoms with Crippen molar-refractivity contribution in [2.75, 3.05) is 26.0 Å². The fraction of sp³-hybridized carbons (Fsp3) is 0.538. The Hall–Kier alpha value is -2.89. The summed E-state index contributed by atoms with van der Waals surface area (Å²) in [5.41, 5.74) is 1.57. The number of hydrogen-bond acceptors (Lipinski definition) is 7. The Morgan fingerprint density at radius 1 is 1.24 bits per heavy atom. The summed E-state index contributed by atoms with van der Waals surface area (Å²) < 4.78 is 0. The van der Waals surface area contributed by atoms with Gasteiger partial charge in [-0.15, -0.1) is 11.8 Å². The minimum Gasteiger partial charge on any atom is -0.477 e. The first-order valence-corrected chi connectivity index (χ1v) is 13.3. The standard InChI is InChI=1S/C26H34N4O6S/c1-13-21-20(14(2)31)25(34)30(21)22(26(35)36)23(13)37-17-10-19(24(33)28(4)5)29(12-17)11-16-8-6-7-9-18(16)27-15(3)32/h6-9,13-14,17,19-21,31H,10-12H2,1-5H3,(H,27,32)(H,35,36)/t13-,14-,17+,19+,20-,21-/m1/s1. The number of carbonyl (C=O) groups excluding carboxylic acids is 3. The number of likely N-dealkylation sites (tertiary alicyclic amines) is 1. The molecule has 37 heavy (non-hydrogen) atoms. The third-order valence-corrected chi connectivity index (χ3v) is 8.89. The summed E-state index contributed by atoms with van der Waals surface area (Å²) in [6.07, 6.45) is -0.339. The van der Waals surface area contributed by atoms with E-state index in [-0.39, 0.29) is 40.6 Å². The minimum absolute atomic E-state index is 0.00524. The molecule has 1 aromatic carbocycles. The summed E-state index contributed by atoms with van der Waals surface area (Å²) in [4.78, 5) is 55.3. The number of amides is 3. The molecule has 1 aromatic rings. The molecule has 2 fully saturated rings. The molecule has 0 unspecified atom stereocenters. The lowest BCUT2D eigenvalue weighted by molar-refractivity contribution is -0.163. The SMILES string of the molecule is CC(=O)Nc1ccccc1CN1C[C@@H](SC2=C(C(=O)O)N3C(=O)[C@H]([C@@H](C)O)[C@H]3[C@H]2C)C[C@H]1C(=O)N(C)C. The number of aliphatic hydroxyl groups is 1. The Labute approximate surface area is 220 Å². The summed E-state index contributed by atoms with van der Waals surface area (Å²) in [5.74, 6) is -2.58. The van der Waals surface area contributed by atoms with Crippen LogP contribution < -0.4 is 5.32 Å². The maximum absolute atomic E-state index is 13.1. The van der Waals surface area contributed by atoms with Crippen LogP contribution in [0.25, 0.3) is 0 Å². The maximum atomic E-state index is 13.1. The van der Waals surface area contributed by atoms with E-state index in [1.54, 1.807) is 25.9 Å². The number of hydrogen-bond donors (Lipinski definition) is 3. The first-order valence-electron chi connectivity index (χ1n) is 12.4. The van der Waals surface area contributed by atoms with Crippen LogP contribution in [0.4, 0.5) is 5.69 Å². The zero-order chi connectivity index (χ0) is 27.2. The number of carboxylic acids is 1. The Morgan fingerprint density at radius 2 is 1.92 bits per heavy atom. The Balaban J connectivity index is 1.59. The predicted molar refractivity (Wildman–Crippen MR) is 139 cm³/mol. The van der Waals surface area contributed by atoms with E-state index in [1.165, 1.54) is 23.6 Å². The summed E-state index contributed by atoms with van der Waals surface area (Å²) in [6, 6.07) is 6.68. The van der Waals surface area contributed by atoms with Crippen molar-refractivity contribution in [1.82, 2.24) is 14.7 Å². The largest absolute Gasteiger partial charge is 0.477 e. The van der Waals surface area contributed by atoms with Gasteiger partial charge in [0.2, 0.25) is 17.7 Å². The number of likely N-dealkylation sites (N-methyl/N-ethyl adjacent to an activating group) is 1. The van der Waals surface area contributed by atoms with Gasteiger partial charge in [0.15, 0.2) is 0 Å². The van der Waals surface area contributed by atoms with Crippen molar-refractivity contribution in [3.05, 3.63) is 40.4 Å². The molecule has 0 aliphatic carbocycles. The molecule has 10 nitrogen and oxygen atoms in total. The highest BCUT2D eigenvalue weighted by Crippen LogP contribution is 2.52. The van der Waals surface area contributed by atoms with Gasteiger partial charge in [0.1, 0.15) is 5.70 Å². The van der Waals surface area contributed by atoms with Crippen molar-refractivity contribution in [3.63, 3.8) is 0 Å². The van der Waals surface area contributed by atoms with Crippen molar-refractivity contribution >= 4 is 41.1 Å². The quantitative estimate of drug-likeness (QED) is 0.432. The Kier molecular flexibility index (Phi) is 7.68. The molecular weight excluding hydrogens is 496 g/mol. The zero-order valence-corrected chi connectivity index (χ0v) is 22.5. The summed E-state index contributed by atoms with van der Waals surface area (Å²) in [6.45, 7) is 5.88. The average molecular weight is 531 g/mol. The third kappa shape index (κ3) is 4.99. The van der Waals surface area contributed by atoms with Gasteiger partial charge < -0.3 is 25.3 Å². The van der Waals surface area contributed by atoms with E-state index in [9.17, 15) is 29.4 Å². The molecular formula is C26H34N4O6S. The van der Waals surface area contributed by atoms with E-state index in [1.807, 2.05) is 31.2 Å². The number of carboxylic acid groups (broad SMARTS) is 1. The third-order valence-electron chi connectivity index (χ3n) is 7.40. The van der Waals surface area contributed by atoms with Crippen LogP contribution in [0.3, 0.4) is 0 Å². The van der Waals surface area contributed by atoms with Crippen LogP contribution in [0.5, 0.6) is 0 Å². The zero-order valence-electron chi connectivity index (χ0n) is 21.7. The minimum atomic E-state index is -1.16. The highest BCUT2D eigenvalue weighted by molar-refractivity contribution is 8.03. The molecule has 0 aromatic heterocycles. The number of carbonyl (C=O) groups is 4. The smallest absolute Gasteiger partial charge is 0.353 e. The maximum Gasteiger partial charge on any atom is 0.353 e. The number of anilines is 1. The van der Waals surface area contributed by atoms with Crippen LogP contribution in [-0.4, -0.2) is 92.7 Å². The van der Waals surface area contributed by atoms with Crippen LogP contribution in [0, 0.1) is 11.8 Å². The molecule has 0 bridgehead atoms. The number of fused-ring (bicyclic) bond motifs is 1. The number of β-lactam (4-membered cyclic amide) rings is 1. The summed E-state index contributed by atoms with van der Waals surface area (Å²) >= 11 is 1.43. The van der Waals surface area contributed by atoms with Gasteiger partial charge in [-0.25, -0.2) is 4.79 Å².